The number of aryl methyl sites for hydroxylation is 2. The zero-order valence-electron chi connectivity index (χ0n) is 11.6. The van der Waals surface area contributed by atoms with Crippen LogP contribution in [0.3, 0.4) is 0 Å². The molecule has 2 aromatic heterocycles. The molecule has 0 aromatic carbocycles. The van der Waals surface area contributed by atoms with Crippen LogP contribution in [0.5, 0.6) is 0 Å². The van der Waals surface area contributed by atoms with Crippen molar-refractivity contribution in [2.45, 2.75) is 20.4 Å². The van der Waals surface area contributed by atoms with E-state index in [-0.39, 0.29) is 36.5 Å². The number of aromatic nitrogens is 2. The predicted octanol–water partition coefficient (Wildman–Crippen LogP) is -1.46. The second-order valence-electron chi connectivity index (χ2n) is 3.79. The molecular formula is C12H13N2NaO3. The van der Waals surface area contributed by atoms with Crippen molar-refractivity contribution in [3.8, 4) is 0 Å². The Balaban J connectivity index is 0.00000162. The number of carbonyl (C=O) groups is 1. The van der Waals surface area contributed by atoms with Crippen molar-refractivity contribution in [1.29, 1.82) is 0 Å². The maximum atomic E-state index is 11.9. The SMILES string of the molecule is CCn1cc(C(=O)O)c(=O)c2ccc(C)nc21.[H-].[Na+]. The molecule has 0 aliphatic carbocycles. The molecule has 0 radical (unpaired) electrons. The van der Waals surface area contributed by atoms with Crippen molar-refractivity contribution < 1.29 is 40.9 Å². The molecule has 0 aliphatic rings. The summed E-state index contributed by atoms with van der Waals surface area (Å²) in [5.74, 6) is -1.21. The number of aromatic carboxylic acids is 1. The summed E-state index contributed by atoms with van der Waals surface area (Å²) in [6.45, 7) is 4.27. The number of nitrogens with zero attached hydrogens (tertiary/aromatic N) is 2. The van der Waals surface area contributed by atoms with Crippen LogP contribution in [0.4, 0.5) is 0 Å². The summed E-state index contributed by atoms with van der Waals surface area (Å²) in [5, 5.41) is 9.31. The van der Waals surface area contributed by atoms with Crippen LogP contribution in [0, 0.1) is 6.92 Å². The van der Waals surface area contributed by atoms with Crippen LogP contribution in [-0.2, 0) is 6.54 Å². The summed E-state index contributed by atoms with van der Waals surface area (Å²) in [5.41, 5.74) is 0.624. The maximum Gasteiger partial charge on any atom is 1.00 e. The van der Waals surface area contributed by atoms with E-state index in [0.717, 1.165) is 5.69 Å². The maximum absolute atomic E-state index is 11.9. The van der Waals surface area contributed by atoms with E-state index >= 15 is 0 Å². The van der Waals surface area contributed by atoms with Crippen molar-refractivity contribution in [3.63, 3.8) is 0 Å². The van der Waals surface area contributed by atoms with Gasteiger partial charge in [0.05, 0.1) is 5.39 Å². The van der Waals surface area contributed by atoms with E-state index < -0.39 is 11.4 Å². The minimum absolute atomic E-state index is 0. The number of carboxylic acid groups (broad SMARTS) is 1. The van der Waals surface area contributed by atoms with E-state index in [4.69, 9.17) is 5.11 Å². The normalized spacial score (nSPS) is 10.1. The number of carboxylic acids is 1. The van der Waals surface area contributed by atoms with Crippen LogP contribution < -0.4 is 35.0 Å². The number of hydrogen-bond acceptors (Lipinski definition) is 3. The van der Waals surface area contributed by atoms with Gasteiger partial charge in [-0.15, -0.1) is 0 Å². The Labute approximate surface area is 127 Å². The molecule has 0 spiro atoms. The van der Waals surface area contributed by atoms with E-state index in [1.54, 1.807) is 16.7 Å². The first-order valence-electron chi connectivity index (χ1n) is 5.28. The average molecular weight is 256 g/mol. The van der Waals surface area contributed by atoms with Gasteiger partial charge in [0.15, 0.2) is 0 Å². The number of rotatable bonds is 2. The van der Waals surface area contributed by atoms with E-state index in [1.807, 2.05) is 13.8 Å². The molecule has 0 saturated carbocycles. The molecule has 2 rings (SSSR count). The molecule has 0 aliphatic heterocycles. The molecule has 0 amide bonds. The minimum atomic E-state index is -1.21. The fraction of sp³-hybridized carbons (Fsp3) is 0.250. The fourth-order valence-corrected chi connectivity index (χ4v) is 1.75. The van der Waals surface area contributed by atoms with Crippen LogP contribution in [0.25, 0.3) is 11.0 Å². The van der Waals surface area contributed by atoms with Gasteiger partial charge >= 0.3 is 35.5 Å². The largest absolute Gasteiger partial charge is 1.00 e. The van der Waals surface area contributed by atoms with Gasteiger partial charge in [0.2, 0.25) is 5.43 Å². The van der Waals surface area contributed by atoms with Gasteiger partial charge in [0.1, 0.15) is 11.2 Å². The van der Waals surface area contributed by atoms with E-state index in [2.05, 4.69) is 4.98 Å². The summed E-state index contributed by atoms with van der Waals surface area (Å²) < 4.78 is 1.67. The molecular weight excluding hydrogens is 243 g/mol. The monoisotopic (exact) mass is 256 g/mol. The topological polar surface area (TPSA) is 72.2 Å². The Morgan fingerprint density at radius 1 is 1.50 bits per heavy atom. The molecule has 0 saturated heterocycles. The Bertz CT molecular complexity index is 670. The zero-order chi connectivity index (χ0) is 12.6. The van der Waals surface area contributed by atoms with Crippen LogP contribution in [0.1, 0.15) is 24.4 Å². The third-order valence-electron chi connectivity index (χ3n) is 2.63. The average Bonchev–Trinajstić information content (AvgIpc) is 2.29. The Morgan fingerprint density at radius 3 is 2.72 bits per heavy atom. The predicted molar refractivity (Wildman–Crippen MR) is 64.5 cm³/mol. The van der Waals surface area contributed by atoms with Crippen LogP contribution in [0.2, 0.25) is 0 Å². The summed E-state index contributed by atoms with van der Waals surface area (Å²) in [7, 11) is 0. The third kappa shape index (κ3) is 2.48. The van der Waals surface area contributed by atoms with E-state index in [1.165, 1.54) is 6.20 Å². The van der Waals surface area contributed by atoms with Crippen molar-refractivity contribution in [3.05, 3.63) is 39.8 Å². The molecule has 2 heterocycles. The Kier molecular flexibility index (Phi) is 4.67. The third-order valence-corrected chi connectivity index (χ3v) is 2.63. The number of fused-ring (bicyclic) bond motifs is 1. The van der Waals surface area contributed by atoms with Crippen LogP contribution >= 0.6 is 0 Å². The second kappa shape index (κ2) is 5.65. The van der Waals surface area contributed by atoms with Crippen molar-refractivity contribution in [1.82, 2.24) is 9.55 Å². The van der Waals surface area contributed by atoms with Gasteiger partial charge in [-0.25, -0.2) is 9.78 Å². The summed E-state index contributed by atoms with van der Waals surface area (Å²) in [4.78, 5) is 27.2. The first kappa shape index (κ1) is 14.9. The van der Waals surface area contributed by atoms with Gasteiger partial charge in [0, 0.05) is 18.4 Å². The van der Waals surface area contributed by atoms with Crippen molar-refractivity contribution in [2.75, 3.05) is 0 Å². The first-order chi connectivity index (χ1) is 8.04. The molecule has 0 fully saturated rings. The van der Waals surface area contributed by atoms with Gasteiger partial charge in [-0.3, -0.25) is 4.79 Å². The quantitative estimate of drug-likeness (QED) is 0.667. The smallest absolute Gasteiger partial charge is 1.00 e. The number of hydrogen-bond donors (Lipinski definition) is 1. The summed E-state index contributed by atoms with van der Waals surface area (Å²) in [6, 6.07) is 3.33. The minimum Gasteiger partial charge on any atom is -1.00 e. The number of pyridine rings is 2. The Hall–Kier alpha value is -1.17. The van der Waals surface area contributed by atoms with Gasteiger partial charge in [-0.05, 0) is 26.0 Å². The molecule has 5 nitrogen and oxygen atoms in total. The van der Waals surface area contributed by atoms with Gasteiger partial charge in [0.25, 0.3) is 0 Å². The summed E-state index contributed by atoms with van der Waals surface area (Å²) in [6.07, 6.45) is 1.35. The van der Waals surface area contributed by atoms with Crippen molar-refractivity contribution in [2.24, 2.45) is 0 Å². The molecule has 6 heteroatoms. The van der Waals surface area contributed by atoms with Gasteiger partial charge in [-0.2, -0.15) is 0 Å². The van der Waals surface area contributed by atoms with Gasteiger partial charge in [-0.1, -0.05) is 0 Å². The molecule has 1 N–H and O–H groups in total. The molecule has 18 heavy (non-hydrogen) atoms. The van der Waals surface area contributed by atoms with Crippen LogP contribution in [-0.4, -0.2) is 20.6 Å². The molecule has 0 atom stereocenters. The zero-order valence-corrected chi connectivity index (χ0v) is 12.6. The molecule has 90 valence electrons. The Morgan fingerprint density at radius 2 is 2.17 bits per heavy atom. The fourth-order valence-electron chi connectivity index (χ4n) is 1.75. The molecule has 0 unspecified atom stereocenters. The first-order valence-corrected chi connectivity index (χ1v) is 5.28. The molecule has 0 bridgehead atoms. The van der Waals surface area contributed by atoms with E-state index in [0.29, 0.717) is 17.6 Å². The van der Waals surface area contributed by atoms with Gasteiger partial charge < -0.3 is 11.1 Å². The second-order valence-corrected chi connectivity index (χ2v) is 3.79. The summed E-state index contributed by atoms with van der Waals surface area (Å²) >= 11 is 0. The van der Waals surface area contributed by atoms with Crippen LogP contribution in [0.15, 0.2) is 23.1 Å². The standard InChI is InChI=1S/C12H12N2O3.Na.H/c1-3-14-6-9(12(16)17)10(15)8-5-4-7(2)13-11(8)14;;/h4-6H,3H2,1-2H3,(H,16,17);;/q;+1;-1. The van der Waals surface area contributed by atoms with E-state index in [9.17, 15) is 9.59 Å². The molecule has 2 aromatic rings. The van der Waals surface area contributed by atoms with Crippen molar-refractivity contribution >= 4 is 17.0 Å².